The third kappa shape index (κ3) is 2.44. The summed E-state index contributed by atoms with van der Waals surface area (Å²) in [5.41, 5.74) is 7.11. The van der Waals surface area contributed by atoms with Crippen molar-refractivity contribution in [3.05, 3.63) is 29.7 Å². The Morgan fingerprint density at radius 2 is 2.19 bits per heavy atom. The van der Waals surface area contributed by atoms with Gasteiger partial charge in [0.2, 0.25) is 0 Å². The zero-order chi connectivity index (χ0) is 15.4. The maximum Gasteiger partial charge on any atom is 0.269 e. The van der Waals surface area contributed by atoms with Gasteiger partial charge in [-0.05, 0) is 13.0 Å². The summed E-state index contributed by atoms with van der Waals surface area (Å²) in [6.07, 6.45) is 0. The molecule has 0 atom stereocenters. The Hall–Kier alpha value is -1.83. The Kier molecular flexibility index (Phi) is 2.91. The smallest absolute Gasteiger partial charge is 0.269 e. The summed E-state index contributed by atoms with van der Waals surface area (Å²) < 4.78 is 21.3. The number of primary amides is 1. The molecule has 3 N–H and O–H groups in total. The molecule has 1 saturated heterocycles. The molecule has 0 radical (unpaired) electrons. The van der Waals surface area contributed by atoms with Crippen molar-refractivity contribution in [2.75, 3.05) is 18.1 Å². The van der Waals surface area contributed by atoms with Gasteiger partial charge >= 0.3 is 0 Å². The van der Waals surface area contributed by atoms with E-state index >= 15 is 0 Å². The minimum atomic E-state index is -2.46. The monoisotopic (exact) mass is 309 g/mol. The van der Waals surface area contributed by atoms with Gasteiger partial charge in [-0.3, -0.25) is 14.3 Å². The molecule has 21 heavy (non-hydrogen) atoms. The van der Waals surface area contributed by atoms with Crippen molar-refractivity contribution in [2.24, 2.45) is 11.1 Å². The highest BCUT2D eigenvalue weighted by molar-refractivity contribution is 7.93. The summed E-state index contributed by atoms with van der Waals surface area (Å²) in [6.45, 7) is 7.78. The minimum absolute atomic E-state index is 0.232. The first-order chi connectivity index (χ1) is 9.70. The normalized spacial score (nSPS) is 31.4. The van der Waals surface area contributed by atoms with E-state index in [4.69, 9.17) is 10.5 Å². The quantitative estimate of drug-likeness (QED) is 0.823. The second-order valence-corrected chi connectivity index (χ2v) is 8.44. The molecule has 114 valence electrons. The van der Waals surface area contributed by atoms with E-state index in [1.807, 2.05) is 6.92 Å². The zero-order valence-corrected chi connectivity index (χ0v) is 12.8. The van der Waals surface area contributed by atoms with Crippen LogP contribution in [0.4, 0.5) is 0 Å². The standard InChI is InChI=1S/C13H19N5O2S/c1-9(2)17-4-10-3-11(12(14)19)16-18(10)6-13(5-17)7-21(15,20)8-13/h3,15H,1,4-8H2,2H3,(H2,14,19). The van der Waals surface area contributed by atoms with Crippen LogP contribution in [0.2, 0.25) is 0 Å². The molecule has 3 rings (SSSR count). The highest BCUT2D eigenvalue weighted by atomic mass is 32.2. The van der Waals surface area contributed by atoms with Crippen LogP contribution in [0.5, 0.6) is 0 Å². The number of hydrogen-bond donors (Lipinski definition) is 2. The molecular weight excluding hydrogens is 290 g/mol. The van der Waals surface area contributed by atoms with E-state index in [2.05, 4.69) is 16.6 Å². The highest BCUT2D eigenvalue weighted by Crippen LogP contribution is 2.39. The number of hydrogen-bond acceptors (Lipinski definition) is 5. The van der Waals surface area contributed by atoms with Gasteiger partial charge in [0.05, 0.1) is 18.8 Å². The topological polar surface area (TPSA) is 105 Å². The molecule has 0 aromatic carbocycles. The first-order valence-electron chi connectivity index (χ1n) is 6.71. The number of rotatable bonds is 2. The van der Waals surface area contributed by atoms with E-state index in [0.717, 1.165) is 11.4 Å². The molecule has 0 aliphatic carbocycles. The van der Waals surface area contributed by atoms with E-state index in [0.29, 0.717) is 31.1 Å². The molecule has 1 spiro atoms. The van der Waals surface area contributed by atoms with E-state index in [-0.39, 0.29) is 11.1 Å². The Bertz CT molecular complexity index is 722. The van der Waals surface area contributed by atoms with Crippen LogP contribution < -0.4 is 5.73 Å². The lowest BCUT2D eigenvalue weighted by Gasteiger charge is -2.44. The summed E-state index contributed by atoms with van der Waals surface area (Å²) in [5, 5.41) is 4.26. The number of nitrogens with two attached hydrogens (primary N) is 1. The molecule has 0 unspecified atom stereocenters. The van der Waals surface area contributed by atoms with Gasteiger partial charge in [0.1, 0.15) is 5.69 Å². The maximum absolute atomic E-state index is 11.9. The predicted octanol–water partition coefficient (Wildman–Crippen LogP) is 0.378. The van der Waals surface area contributed by atoms with Gasteiger partial charge in [-0.15, -0.1) is 0 Å². The molecule has 1 fully saturated rings. The lowest BCUT2D eigenvalue weighted by atomic mass is 9.91. The van der Waals surface area contributed by atoms with Crippen LogP contribution in [-0.2, 0) is 22.8 Å². The molecule has 1 aromatic rings. The average Bonchev–Trinajstić information content (AvgIpc) is 2.62. The summed E-state index contributed by atoms with van der Waals surface area (Å²) in [7, 11) is -2.46. The van der Waals surface area contributed by atoms with Gasteiger partial charge in [0.25, 0.3) is 5.91 Å². The van der Waals surface area contributed by atoms with Crippen LogP contribution >= 0.6 is 0 Å². The van der Waals surface area contributed by atoms with Gasteiger partial charge in [0, 0.05) is 38.9 Å². The second kappa shape index (κ2) is 4.33. The second-order valence-electron chi connectivity index (χ2n) is 6.23. The first kappa shape index (κ1) is 14.1. The minimum Gasteiger partial charge on any atom is -0.369 e. The Balaban J connectivity index is 2.00. The Morgan fingerprint density at radius 3 is 2.71 bits per heavy atom. The molecule has 1 aromatic heterocycles. The lowest BCUT2D eigenvalue weighted by Crippen LogP contribution is -2.55. The number of amides is 1. The average molecular weight is 309 g/mol. The van der Waals surface area contributed by atoms with E-state index in [1.54, 1.807) is 10.7 Å². The number of nitrogens with zero attached hydrogens (tertiary/aromatic N) is 3. The number of carbonyl (C=O) groups is 1. The maximum atomic E-state index is 11.9. The van der Waals surface area contributed by atoms with Crippen LogP contribution in [0, 0.1) is 10.2 Å². The summed E-state index contributed by atoms with van der Waals surface area (Å²) in [4.78, 5) is 13.4. The van der Waals surface area contributed by atoms with Crippen LogP contribution in [0.1, 0.15) is 23.1 Å². The molecule has 0 bridgehead atoms. The molecule has 2 aliphatic rings. The largest absolute Gasteiger partial charge is 0.369 e. The third-order valence-electron chi connectivity index (χ3n) is 4.10. The molecule has 8 heteroatoms. The molecule has 1 amide bonds. The highest BCUT2D eigenvalue weighted by Gasteiger charge is 2.49. The van der Waals surface area contributed by atoms with E-state index in [9.17, 15) is 9.00 Å². The summed E-state index contributed by atoms with van der Waals surface area (Å²) in [5.74, 6) is 0.189. The van der Waals surface area contributed by atoms with Crippen LogP contribution in [-0.4, -0.2) is 42.8 Å². The van der Waals surface area contributed by atoms with Gasteiger partial charge in [0.15, 0.2) is 0 Å². The van der Waals surface area contributed by atoms with Crippen LogP contribution in [0.3, 0.4) is 0 Å². The van der Waals surface area contributed by atoms with Crippen molar-refractivity contribution in [1.82, 2.24) is 14.7 Å². The lowest BCUT2D eigenvalue weighted by molar-refractivity contribution is 0.0993. The van der Waals surface area contributed by atoms with Crippen molar-refractivity contribution in [3.8, 4) is 0 Å². The van der Waals surface area contributed by atoms with Crippen molar-refractivity contribution < 1.29 is 9.00 Å². The summed E-state index contributed by atoms with van der Waals surface area (Å²) >= 11 is 0. The molecule has 0 saturated carbocycles. The van der Waals surface area contributed by atoms with Crippen molar-refractivity contribution >= 4 is 15.6 Å². The van der Waals surface area contributed by atoms with E-state index < -0.39 is 15.6 Å². The van der Waals surface area contributed by atoms with Gasteiger partial charge < -0.3 is 10.6 Å². The van der Waals surface area contributed by atoms with Gasteiger partial charge in [-0.2, -0.15) is 5.10 Å². The fourth-order valence-corrected chi connectivity index (χ4v) is 5.52. The van der Waals surface area contributed by atoms with Crippen molar-refractivity contribution in [3.63, 3.8) is 0 Å². The zero-order valence-electron chi connectivity index (χ0n) is 12.0. The SMILES string of the molecule is C=C(C)N1Cc2cc(C(N)=O)nn2CC2(C1)CS(=N)(=O)C2. The number of aromatic nitrogens is 2. The molecule has 3 heterocycles. The number of carbonyl (C=O) groups excluding carboxylic acids is 1. The molecule has 7 nitrogen and oxygen atoms in total. The molecule has 2 aliphatic heterocycles. The number of fused-ring (bicyclic) bond motifs is 1. The first-order valence-corrected chi connectivity index (χ1v) is 8.61. The van der Waals surface area contributed by atoms with E-state index in [1.165, 1.54) is 0 Å². The fraction of sp³-hybridized carbons (Fsp3) is 0.538. The Labute approximate surface area is 123 Å². The van der Waals surface area contributed by atoms with Crippen LogP contribution in [0.15, 0.2) is 18.3 Å². The van der Waals surface area contributed by atoms with Gasteiger partial charge in [-0.1, -0.05) is 6.58 Å². The number of nitrogens with one attached hydrogen (secondary N) is 1. The van der Waals surface area contributed by atoms with Gasteiger partial charge in [-0.25, -0.2) is 4.21 Å². The fourth-order valence-electron chi connectivity index (χ4n) is 3.26. The summed E-state index contributed by atoms with van der Waals surface area (Å²) in [6, 6.07) is 1.70. The third-order valence-corrected chi connectivity index (χ3v) is 6.26. The predicted molar refractivity (Wildman–Crippen MR) is 79.0 cm³/mol. The molecular formula is C13H19N5O2S. The van der Waals surface area contributed by atoms with Crippen LogP contribution in [0.25, 0.3) is 0 Å². The Morgan fingerprint density at radius 1 is 1.52 bits per heavy atom. The van der Waals surface area contributed by atoms with Crippen molar-refractivity contribution in [2.45, 2.75) is 20.0 Å². The van der Waals surface area contributed by atoms with Crippen molar-refractivity contribution in [1.29, 1.82) is 4.78 Å². The number of allylic oxidation sites excluding steroid dienone is 1.